The molecule has 0 radical (unpaired) electrons. The summed E-state index contributed by atoms with van der Waals surface area (Å²) in [7, 11) is 3.22. The number of carboxylic acid groups (broad SMARTS) is 1. The second-order valence-electron chi connectivity index (χ2n) is 11.9. The van der Waals surface area contributed by atoms with Crippen LogP contribution in [0.15, 0.2) is 36.4 Å². The molecule has 4 fully saturated rings. The number of carbonyl (C=O) groups is 1. The van der Waals surface area contributed by atoms with Gasteiger partial charge in [0.1, 0.15) is 17.6 Å². The Labute approximate surface area is 253 Å². The first kappa shape index (κ1) is 31.3. The lowest BCUT2D eigenvalue weighted by molar-refractivity contribution is -0.0203. The van der Waals surface area contributed by atoms with Gasteiger partial charge in [-0.05, 0) is 79.9 Å². The van der Waals surface area contributed by atoms with Gasteiger partial charge in [-0.15, -0.1) is 0 Å². The number of carboxylic acids is 1. The standard InChI is InChI=1S/C34H42O9/c1-38-9-11-40-21-42-31-17-32(43-22-41-12-10-39-2)29(34-18-23-13-24(19-34)15-25(14-23)20-34)16-28(31)30(35)8-7-26-5-3-4-6-27(26)33(36)37/h3-6,16-17,23-25,30,35H,9-15,18-22H2,1-2H3,(H,36,37). The first-order chi connectivity index (χ1) is 20.9. The molecule has 0 aliphatic heterocycles. The minimum Gasteiger partial charge on any atom is -0.478 e. The summed E-state index contributed by atoms with van der Waals surface area (Å²) in [6, 6.07) is 10.3. The third-order valence-electron chi connectivity index (χ3n) is 8.98. The molecule has 9 nitrogen and oxygen atoms in total. The average Bonchev–Trinajstić information content (AvgIpc) is 2.99. The molecule has 0 amide bonds. The van der Waals surface area contributed by atoms with Crippen LogP contribution in [0.2, 0.25) is 0 Å². The second kappa shape index (κ2) is 14.6. The van der Waals surface area contributed by atoms with Crippen molar-refractivity contribution in [3.63, 3.8) is 0 Å². The lowest BCUT2D eigenvalue weighted by Crippen LogP contribution is -2.48. The van der Waals surface area contributed by atoms with Crippen molar-refractivity contribution in [2.75, 3.05) is 54.2 Å². The molecule has 4 saturated carbocycles. The Bertz CT molecular complexity index is 1280. The summed E-state index contributed by atoms with van der Waals surface area (Å²) in [4.78, 5) is 11.7. The number of ether oxygens (including phenoxy) is 6. The Hall–Kier alpha value is -3.13. The largest absolute Gasteiger partial charge is 0.478 e. The van der Waals surface area contributed by atoms with Crippen molar-refractivity contribution in [1.82, 2.24) is 0 Å². The van der Waals surface area contributed by atoms with Crippen LogP contribution in [0, 0.1) is 29.6 Å². The van der Waals surface area contributed by atoms with Gasteiger partial charge < -0.3 is 38.6 Å². The molecule has 1 unspecified atom stereocenters. The molecule has 2 aromatic rings. The predicted molar refractivity (Wildman–Crippen MR) is 158 cm³/mol. The highest BCUT2D eigenvalue weighted by molar-refractivity contribution is 5.90. The molecule has 9 heteroatoms. The van der Waals surface area contributed by atoms with Crippen LogP contribution in [-0.4, -0.2) is 70.4 Å². The molecule has 43 heavy (non-hydrogen) atoms. The third kappa shape index (κ3) is 7.51. The van der Waals surface area contributed by atoms with E-state index in [0.29, 0.717) is 66.8 Å². The summed E-state index contributed by atoms with van der Waals surface area (Å²) < 4.78 is 33.7. The number of aliphatic hydroxyl groups excluding tert-OH is 1. The molecule has 4 bridgehead atoms. The summed E-state index contributed by atoms with van der Waals surface area (Å²) >= 11 is 0. The van der Waals surface area contributed by atoms with Gasteiger partial charge in [-0.2, -0.15) is 0 Å². The maximum Gasteiger partial charge on any atom is 0.336 e. The van der Waals surface area contributed by atoms with E-state index in [1.54, 1.807) is 32.4 Å². The fourth-order valence-electron chi connectivity index (χ4n) is 7.51. The third-order valence-corrected chi connectivity index (χ3v) is 8.98. The van der Waals surface area contributed by atoms with E-state index in [0.717, 1.165) is 24.8 Å². The van der Waals surface area contributed by atoms with E-state index in [9.17, 15) is 15.0 Å². The van der Waals surface area contributed by atoms with E-state index in [2.05, 4.69) is 11.8 Å². The molecular formula is C34H42O9. The molecule has 0 aromatic heterocycles. The van der Waals surface area contributed by atoms with Crippen LogP contribution in [0.4, 0.5) is 0 Å². The number of aliphatic hydroxyl groups is 1. The Morgan fingerprint density at radius 3 is 2.05 bits per heavy atom. The summed E-state index contributed by atoms with van der Waals surface area (Å²) in [6.45, 7) is 1.64. The summed E-state index contributed by atoms with van der Waals surface area (Å²) in [5.74, 6) is 7.82. The van der Waals surface area contributed by atoms with Crippen LogP contribution in [0.25, 0.3) is 0 Å². The highest BCUT2D eigenvalue weighted by atomic mass is 16.7. The maximum atomic E-state index is 11.7. The van der Waals surface area contributed by atoms with Crippen LogP contribution in [0.1, 0.15) is 71.7 Å². The van der Waals surface area contributed by atoms with Crippen molar-refractivity contribution in [3.8, 4) is 23.3 Å². The van der Waals surface area contributed by atoms with E-state index >= 15 is 0 Å². The van der Waals surface area contributed by atoms with Gasteiger partial charge in [-0.1, -0.05) is 24.0 Å². The lowest BCUT2D eigenvalue weighted by Gasteiger charge is -2.57. The number of methoxy groups -OCH3 is 2. The number of hydrogen-bond acceptors (Lipinski definition) is 8. The number of rotatable bonds is 15. The summed E-state index contributed by atoms with van der Waals surface area (Å²) in [6.07, 6.45) is 5.91. The highest BCUT2D eigenvalue weighted by Crippen LogP contribution is 2.62. The molecule has 4 aliphatic carbocycles. The zero-order valence-corrected chi connectivity index (χ0v) is 25.0. The van der Waals surface area contributed by atoms with E-state index < -0.39 is 12.1 Å². The van der Waals surface area contributed by atoms with Crippen molar-refractivity contribution in [2.45, 2.75) is 50.0 Å². The van der Waals surface area contributed by atoms with Gasteiger partial charge in [-0.25, -0.2) is 4.79 Å². The zero-order valence-electron chi connectivity index (χ0n) is 25.0. The fraction of sp³-hybridized carbons (Fsp3) is 0.559. The van der Waals surface area contributed by atoms with Gasteiger partial charge in [0.15, 0.2) is 13.6 Å². The predicted octanol–water partition coefficient (Wildman–Crippen LogP) is 4.94. The van der Waals surface area contributed by atoms with Crippen LogP contribution in [0.5, 0.6) is 11.5 Å². The Kier molecular flexibility index (Phi) is 10.6. The molecule has 232 valence electrons. The minimum atomic E-state index is -1.24. The summed E-state index contributed by atoms with van der Waals surface area (Å²) in [5, 5.41) is 21.0. The van der Waals surface area contributed by atoms with Gasteiger partial charge in [-0.3, -0.25) is 0 Å². The molecule has 4 aliphatic rings. The topological polar surface area (TPSA) is 113 Å². The van der Waals surface area contributed by atoms with E-state index in [1.165, 1.54) is 25.3 Å². The second-order valence-corrected chi connectivity index (χ2v) is 11.9. The van der Waals surface area contributed by atoms with E-state index in [4.69, 9.17) is 28.4 Å². The van der Waals surface area contributed by atoms with Crippen LogP contribution >= 0.6 is 0 Å². The molecule has 2 N–H and O–H groups in total. The normalized spacial score (nSPS) is 24.3. The fourth-order valence-corrected chi connectivity index (χ4v) is 7.51. The summed E-state index contributed by atoms with van der Waals surface area (Å²) in [5.41, 5.74) is 1.90. The smallest absolute Gasteiger partial charge is 0.336 e. The van der Waals surface area contributed by atoms with Crippen molar-refractivity contribution in [2.24, 2.45) is 17.8 Å². The zero-order chi connectivity index (χ0) is 30.2. The molecule has 2 aromatic carbocycles. The maximum absolute atomic E-state index is 11.7. The van der Waals surface area contributed by atoms with Gasteiger partial charge in [0.25, 0.3) is 0 Å². The number of aromatic carboxylic acids is 1. The lowest BCUT2D eigenvalue weighted by atomic mass is 9.48. The Morgan fingerprint density at radius 2 is 1.47 bits per heavy atom. The van der Waals surface area contributed by atoms with Gasteiger partial charge in [0.2, 0.25) is 0 Å². The first-order valence-electron chi connectivity index (χ1n) is 15.0. The van der Waals surface area contributed by atoms with Crippen molar-refractivity contribution in [1.29, 1.82) is 0 Å². The van der Waals surface area contributed by atoms with Crippen LogP contribution < -0.4 is 9.47 Å². The molecule has 0 heterocycles. The average molecular weight is 595 g/mol. The van der Waals surface area contributed by atoms with Crippen LogP contribution in [0.3, 0.4) is 0 Å². The Morgan fingerprint density at radius 1 is 0.884 bits per heavy atom. The quantitative estimate of drug-likeness (QED) is 0.168. The molecule has 1 atom stereocenters. The van der Waals surface area contributed by atoms with Gasteiger partial charge >= 0.3 is 5.97 Å². The molecular weight excluding hydrogens is 552 g/mol. The minimum absolute atomic E-state index is 0.0537. The van der Waals surface area contributed by atoms with Crippen molar-refractivity contribution < 1.29 is 43.4 Å². The van der Waals surface area contributed by atoms with Crippen molar-refractivity contribution in [3.05, 3.63) is 58.7 Å². The van der Waals surface area contributed by atoms with Crippen LogP contribution in [-0.2, 0) is 24.4 Å². The molecule has 0 spiro atoms. The molecule has 0 saturated heterocycles. The Balaban J connectivity index is 1.51. The van der Waals surface area contributed by atoms with E-state index in [1.807, 2.05) is 12.1 Å². The highest BCUT2D eigenvalue weighted by Gasteiger charge is 2.52. The van der Waals surface area contributed by atoms with Crippen molar-refractivity contribution >= 4 is 5.97 Å². The first-order valence-corrected chi connectivity index (χ1v) is 15.0. The monoisotopic (exact) mass is 594 g/mol. The molecule has 6 rings (SSSR count). The van der Waals surface area contributed by atoms with Gasteiger partial charge in [0, 0.05) is 37.0 Å². The SMILES string of the molecule is COCCOCOc1cc(OCOCCOC)c(C23CC4CC(CC(C4)C2)C3)cc1C(O)C#Cc1ccccc1C(=O)O. The number of hydrogen-bond donors (Lipinski definition) is 2. The van der Waals surface area contributed by atoms with E-state index in [-0.39, 0.29) is 24.6 Å². The van der Waals surface area contributed by atoms with Gasteiger partial charge in [0.05, 0.1) is 32.0 Å². The number of benzene rings is 2.